The fourth-order valence-corrected chi connectivity index (χ4v) is 3.19. The number of likely N-dealkylation sites (tertiary alicyclic amines) is 1. The summed E-state index contributed by atoms with van der Waals surface area (Å²) in [4.78, 5) is 2.55. The summed E-state index contributed by atoms with van der Waals surface area (Å²) in [7, 11) is 0. The summed E-state index contributed by atoms with van der Waals surface area (Å²) < 4.78 is 5.85. The number of piperidine rings is 1. The van der Waals surface area contributed by atoms with Crippen molar-refractivity contribution in [3.63, 3.8) is 0 Å². The van der Waals surface area contributed by atoms with Crippen LogP contribution in [0.2, 0.25) is 0 Å². The molecule has 2 saturated heterocycles. The molecule has 2 atom stereocenters. The fourth-order valence-electron chi connectivity index (χ4n) is 3.19. The molecule has 2 unspecified atom stereocenters. The lowest BCUT2D eigenvalue weighted by Crippen LogP contribution is -2.49. The SMILES string of the molecule is CCN1CCC(NC2CCOC(C(C)C)C2)CC1. The third-order valence-electron chi connectivity index (χ3n) is 4.56. The van der Waals surface area contributed by atoms with Gasteiger partial charge in [-0.25, -0.2) is 0 Å². The van der Waals surface area contributed by atoms with E-state index in [4.69, 9.17) is 4.74 Å². The van der Waals surface area contributed by atoms with E-state index in [1.807, 2.05) is 0 Å². The third-order valence-corrected chi connectivity index (χ3v) is 4.56. The maximum absolute atomic E-state index is 5.85. The average Bonchev–Trinajstić information content (AvgIpc) is 2.40. The van der Waals surface area contributed by atoms with Gasteiger partial charge in [0.05, 0.1) is 6.10 Å². The van der Waals surface area contributed by atoms with Crippen LogP contribution in [0.25, 0.3) is 0 Å². The smallest absolute Gasteiger partial charge is 0.0612 e. The van der Waals surface area contributed by atoms with E-state index in [2.05, 4.69) is 31.0 Å². The van der Waals surface area contributed by atoms with Gasteiger partial charge in [0.15, 0.2) is 0 Å². The Morgan fingerprint density at radius 3 is 2.50 bits per heavy atom. The van der Waals surface area contributed by atoms with Crippen LogP contribution in [0.4, 0.5) is 0 Å². The summed E-state index contributed by atoms with van der Waals surface area (Å²) in [6.07, 6.45) is 5.49. The molecule has 1 N–H and O–H groups in total. The number of nitrogens with zero attached hydrogens (tertiary/aromatic N) is 1. The van der Waals surface area contributed by atoms with Crippen molar-refractivity contribution in [2.45, 2.75) is 64.6 Å². The lowest BCUT2D eigenvalue weighted by molar-refractivity contribution is -0.0270. The van der Waals surface area contributed by atoms with Crippen molar-refractivity contribution >= 4 is 0 Å². The van der Waals surface area contributed by atoms with Gasteiger partial charge in [-0.15, -0.1) is 0 Å². The number of ether oxygens (including phenoxy) is 1. The summed E-state index contributed by atoms with van der Waals surface area (Å²) in [6.45, 7) is 11.5. The van der Waals surface area contributed by atoms with Gasteiger partial charge in [0.2, 0.25) is 0 Å². The molecule has 2 heterocycles. The van der Waals surface area contributed by atoms with Crippen LogP contribution in [0.3, 0.4) is 0 Å². The van der Waals surface area contributed by atoms with Crippen LogP contribution in [-0.4, -0.2) is 49.3 Å². The Hall–Kier alpha value is -0.120. The Morgan fingerprint density at radius 2 is 1.89 bits per heavy atom. The molecule has 106 valence electrons. The molecule has 0 aromatic rings. The average molecular weight is 254 g/mol. The second kappa shape index (κ2) is 6.88. The Morgan fingerprint density at radius 1 is 1.17 bits per heavy atom. The van der Waals surface area contributed by atoms with Gasteiger partial charge in [-0.1, -0.05) is 20.8 Å². The molecule has 2 fully saturated rings. The Balaban J connectivity index is 1.73. The number of rotatable bonds is 4. The first kappa shape index (κ1) is 14.3. The van der Waals surface area contributed by atoms with E-state index < -0.39 is 0 Å². The van der Waals surface area contributed by atoms with Gasteiger partial charge in [-0.05, 0) is 51.2 Å². The van der Waals surface area contributed by atoms with Gasteiger partial charge in [-0.2, -0.15) is 0 Å². The Bertz CT molecular complexity index is 237. The van der Waals surface area contributed by atoms with Crippen LogP contribution in [0, 0.1) is 5.92 Å². The number of hydrogen-bond acceptors (Lipinski definition) is 3. The maximum Gasteiger partial charge on any atom is 0.0612 e. The first-order valence-electron chi connectivity index (χ1n) is 7.79. The molecular weight excluding hydrogens is 224 g/mol. The molecule has 2 rings (SSSR count). The summed E-state index contributed by atoms with van der Waals surface area (Å²) in [5.41, 5.74) is 0. The van der Waals surface area contributed by atoms with E-state index in [9.17, 15) is 0 Å². The quantitative estimate of drug-likeness (QED) is 0.833. The minimum absolute atomic E-state index is 0.465. The molecule has 0 spiro atoms. The largest absolute Gasteiger partial charge is 0.378 e. The molecule has 0 amide bonds. The van der Waals surface area contributed by atoms with Gasteiger partial charge in [-0.3, -0.25) is 0 Å². The van der Waals surface area contributed by atoms with Crippen molar-refractivity contribution in [1.29, 1.82) is 0 Å². The van der Waals surface area contributed by atoms with E-state index >= 15 is 0 Å². The number of hydrogen-bond donors (Lipinski definition) is 1. The zero-order valence-electron chi connectivity index (χ0n) is 12.3. The van der Waals surface area contributed by atoms with Crippen LogP contribution >= 0.6 is 0 Å². The summed E-state index contributed by atoms with van der Waals surface area (Å²) >= 11 is 0. The lowest BCUT2D eigenvalue weighted by atomic mass is 9.94. The van der Waals surface area contributed by atoms with Crippen LogP contribution in [0.15, 0.2) is 0 Å². The van der Waals surface area contributed by atoms with Crippen LogP contribution in [0.1, 0.15) is 46.5 Å². The lowest BCUT2D eigenvalue weighted by Gasteiger charge is -2.37. The molecule has 18 heavy (non-hydrogen) atoms. The van der Waals surface area contributed by atoms with Crippen molar-refractivity contribution in [2.75, 3.05) is 26.2 Å². The van der Waals surface area contributed by atoms with Crippen molar-refractivity contribution in [1.82, 2.24) is 10.2 Å². The first-order chi connectivity index (χ1) is 8.69. The van der Waals surface area contributed by atoms with E-state index in [1.54, 1.807) is 0 Å². The first-order valence-corrected chi connectivity index (χ1v) is 7.79. The van der Waals surface area contributed by atoms with E-state index in [-0.39, 0.29) is 0 Å². The molecule has 0 radical (unpaired) electrons. The monoisotopic (exact) mass is 254 g/mol. The fraction of sp³-hybridized carbons (Fsp3) is 1.00. The molecular formula is C15H30N2O. The topological polar surface area (TPSA) is 24.5 Å². The molecule has 2 aliphatic rings. The highest BCUT2D eigenvalue weighted by Crippen LogP contribution is 2.21. The second-order valence-corrected chi connectivity index (χ2v) is 6.25. The van der Waals surface area contributed by atoms with Crippen molar-refractivity contribution in [3.05, 3.63) is 0 Å². The van der Waals surface area contributed by atoms with Gasteiger partial charge in [0, 0.05) is 18.7 Å². The van der Waals surface area contributed by atoms with Crippen LogP contribution in [-0.2, 0) is 4.74 Å². The molecule has 3 nitrogen and oxygen atoms in total. The Kier molecular flexibility index (Phi) is 5.46. The molecule has 2 aliphatic heterocycles. The zero-order chi connectivity index (χ0) is 13.0. The Labute approximate surface area is 112 Å². The van der Waals surface area contributed by atoms with E-state index in [0.717, 1.165) is 12.6 Å². The highest BCUT2D eigenvalue weighted by Gasteiger charge is 2.27. The molecule has 0 aromatic carbocycles. The highest BCUT2D eigenvalue weighted by atomic mass is 16.5. The molecule has 0 saturated carbocycles. The predicted molar refractivity (Wildman–Crippen MR) is 75.9 cm³/mol. The summed E-state index contributed by atoms with van der Waals surface area (Å²) in [6, 6.07) is 1.42. The van der Waals surface area contributed by atoms with Crippen molar-refractivity contribution in [2.24, 2.45) is 5.92 Å². The van der Waals surface area contributed by atoms with Gasteiger partial charge < -0.3 is 15.0 Å². The summed E-state index contributed by atoms with van der Waals surface area (Å²) in [5.74, 6) is 0.650. The standard InChI is InChI=1S/C15H30N2O/c1-4-17-8-5-13(6-9-17)16-14-7-10-18-15(11-14)12(2)3/h12-16H,4-11H2,1-3H3. The molecule has 0 bridgehead atoms. The zero-order valence-corrected chi connectivity index (χ0v) is 12.3. The van der Waals surface area contributed by atoms with Crippen LogP contribution in [0.5, 0.6) is 0 Å². The van der Waals surface area contributed by atoms with Gasteiger partial charge in [0.25, 0.3) is 0 Å². The minimum atomic E-state index is 0.465. The molecule has 0 aliphatic carbocycles. The van der Waals surface area contributed by atoms with Gasteiger partial charge >= 0.3 is 0 Å². The number of nitrogens with one attached hydrogen (secondary N) is 1. The minimum Gasteiger partial charge on any atom is -0.378 e. The van der Waals surface area contributed by atoms with Crippen LogP contribution < -0.4 is 5.32 Å². The predicted octanol–water partition coefficient (Wildman–Crippen LogP) is 2.26. The third kappa shape index (κ3) is 3.94. The maximum atomic E-state index is 5.85. The summed E-state index contributed by atoms with van der Waals surface area (Å²) in [5, 5.41) is 3.88. The molecule has 3 heteroatoms. The normalized spacial score (nSPS) is 32.0. The highest BCUT2D eigenvalue weighted by molar-refractivity contribution is 4.84. The van der Waals surface area contributed by atoms with E-state index in [0.29, 0.717) is 18.1 Å². The van der Waals surface area contributed by atoms with E-state index in [1.165, 1.54) is 45.3 Å². The molecule has 0 aromatic heterocycles. The second-order valence-electron chi connectivity index (χ2n) is 6.25. The van der Waals surface area contributed by atoms with Crippen molar-refractivity contribution < 1.29 is 4.74 Å². The van der Waals surface area contributed by atoms with Gasteiger partial charge in [0.1, 0.15) is 0 Å². The van der Waals surface area contributed by atoms with Crippen molar-refractivity contribution in [3.8, 4) is 0 Å².